The van der Waals surface area contributed by atoms with Gasteiger partial charge in [0.05, 0.1) is 51.0 Å². The highest BCUT2D eigenvalue weighted by molar-refractivity contribution is 6.09. The van der Waals surface area contributed by atoms with Gasteiger partial charge in [-0.15, -0.1) is 0 Å². The van der Waals surface area contributed by atoms with E-state index in [9.17, 15) is 14.0 Å². The Morgan fingerprint density at radius 3 is 2.65 bits per heavy atom. The summed E-state index contributed by atoms with van der Waals surface area (Å²) in [6.07, 6.45) is 9.18. The van der Waals surface area contributed by atoms with Crippen LogP contribution >= 0.6 is 0 Å². The van der Waals surface area contributed by atoms with Gasteiger partial charge < -0.3 is 30.0 Å². The highest BCUT2D eigenvalue weighted by atomic mass is 19.1. The van der Waals surface area contributed by atoms with Crippen LogP contribution in [-0.2, 0) is 14.3 Å². The summed E-state index contributed by atoms with van der Waals surface area (Å²) in [6, 6.07) is 9.24. The van der Waals surface area contributed by atoms with Crippen LogP contribution in [0.4, 0.5) is 10.1 Å². The second-order valence-electron chi connectivity index (χ2n) is 9.88. The number of allylic oxidation sites excluding steroid dienone is 4. The second-order valence-corrected chi connectivity index (χ2v) is 9.88. The number of morpholine rings is 1. The standard InChI is InChI=1S/C32H37FN4O6/c1-40-29-12-9-22(19-30(29)41-2)28-8-5-3-4-7-23(35-28)21-27(34)31(38)36-24-10-11-25(26(33)20-24)32(39)43-16-6-13-37-14-17-42-18-15-37/h3,5,8-12,19-21H,4,6-7,13-18,34H2,1-2H3,(H,36,38)/b5-3-,27-21?,28-8-,35-23?. The molecule has 1 amide bonds. The van der Waals surface area contributed by atoms with Gasteiger partial charge in [0, 0.05) is 36.6 Å². The Labute approximate surface area is 250 Å². The molecule has 0 aromatic heterocycles. The number of nitrogens with two attached hydrogens (primary N) is 1. The summed E-state index contributed by atoms with van der Waals surface area (Å²) in [4.78, 5) is 32.2. The summed E-state index contributed by atoms with van der Waals surface area (Å²) in [7, 11) is 3.13. The SMILES string of the molecule is COc1ccc(/C2=C/C=C\CCC(C=C(N)C(=O)Nc3ccc(C(=O)OCCCN4CCOCC4)c(F)c3)=N2)cc1OC. The van der Waals surface area contributed by atoms with Crippen molar-refractivity contribution in [2.75, 3.05) is 59.0 Å². The molecule has 0 unspecified atom stereocenters. The number of amides is 1. The largest absolute Gasteiger partial charge is 0.493 e. The van der Waals surface area contributed by atoms with Crippen LogP contribution in [0.25, 0.3) is 5.70 Å². The van der Waals surface area contributed by atoms with Crippen molar-refractivity contribution in [3.63, 3.8) is 0 Å². The Kier molecular flexibility index (Phi) is 11.5. The first-order valence-electron chi connectivity index (χ1n) is 14.1. The number of nitrogens with one attached hydrogen (secondary N) is 1. The molecular weight excluding hydrogens is 555 g/mol. The molecule has 0 radical (unpaired) electrons. The van der Waals surface area contributed by atoms with E-state index in [2.05, 4.69) is 10.2 Å². The molecule has 10 nitrogen and oxygen atoms in total. The van der Waals surface area contributed by atoms with Crippen LogP contribution in [0.1, 0.15) is 35.2 Å². The summed E-state index contributed by atoms with van der Waals surface area (Å²) in [6.45, 7) is 4.03. The number of anilines is 1. The first kappa shape index (κ1) is 31.5. The minimum Gasteiger partial charge on any atom is -0.493 e. The van der Waals surface area contributed by atoms with Gasteiger partial charge in [-0.1, -0.05) is 12.2 Å². The van der Waals surface area contributed by atoms with Gasteiger partial charge in [0.25, 0.3) is 5.91 Å². The maximum Gasteiger partial charge on any atom is 0.341 e. The van der Waals surface area contributed by atoms with Crippen molar-refractivity contribution in [1.29, 1.82) is 0 Å². The molecule has 2 aromatic rings. The number of hydrogen-bond acceptors (Lipinski definition) is 9. The maximum atomic E-state index is 14.7. The van der Waals surface area contributed by atoms with Crippen LogP contribution in [0.15, 0.2) is 71.4 Å². The average Bonchev–Trinajstić information content (AvgIpc) is 3.00. The van der Waals surface area contributed by atoms with Crippen molar-refractivity contribution in [2.45, 2.75) is 19.3 Å². The second kappa shape index (κ2) is 15.7. The minimum atomic E-state index is -0.806. The highest BCUT2D eigenvalue weighted by Crippen LogP contribution is 2.31. The van der Waals surface area contributed by atoms with Gasteiger partial charge in [-0.05, 0) is 67.8 Å². The highest BCUT2D eigenvalue weighted by Gasteiger charge is 2.17. The Bertz CT molecular complexity index is 1430. The number of rotatable bonds is 11. The third kappa shape index (κ3) is 9.00. The van der Waals surface area contributed by atoms with E-state index in [1.807, 2.05) is 30.4 Å². The molecule has 3 N–H and O–H groups in total. The van der Waals surface area contributed by atoms with Crippen LogP contribution in [0, 0.1) is 5.82 Å². The van der Waals surface area contributed by atoms with Gasteiger partial charge in [-0.3, -0.25) is 14.7 Å². The molecule has 0 atom stereocenters. The normalized spacial score (nSPS) is 17.9. The summed E-state index contributed by atoms with van der Waals surface area (Å²) < 4.78 is 36.0. The molecule has 2 heterocycles. The Morgan fingerprint density at radius 2 is 1.91 bits per heavy atom. The zero-order chi connectivity index (χ0) is 30.6. The fraction of sp³-hybridized carbons (Fsp3) is 0.344. The lowest BCUT2D eigenvalue weighted by molar-refractivity contribution is -0.112. The van der Waals surface area contributed by atoms with Crippen LogP contribution in [-0.4, -0.2) is 76.2 Å². The van der Waals surface area contributed by atoms with Crippen molar-refractivity contribution in [3.8, 4) is 11.5 Å². The zero-order valence-electron chi connectivity index (χ0n) is 24.4. The fourth-order valence-electron chi connectivity index (χ4n) is 4.56. The first-order valence-corrected chi connectivity index (χ1v) is 14.1. The van der Waals surface area contributed by atoms with Crippen molar-refractivity contribution in [1.82, 2.24) is 4.90 Å². The number of halogens is 1. The van der Waals surface area contributed by atoms with Crippen LogP contribution in [0.2, 0.25) is 0 Å². The number of nitrogens with zero attached hydrogens (tertiary/aromatic N) is 2. The van der Waals surface area contributed by atoms with Crippen molar-refractivity contribution >= 4 is 29.0 Å². The molecular formula is C32H37FN4O6. The molecule has 0 spiro atoms. The van der Waals surface area contributed by atoms with Crippen molar-refractivity contribution in [2.24, 2.45) is 10.7 Å². The number of methoxy groups -OCH3 is 2. The van der Waals surface area contributed by atoms with Crippen LogP contribution < -0.4 is 20.5 Å². The number of ether oxygens (including phenoxy) is 4. The summed E-state index contributed by atoms with van der Waals surface area (Å²) in [5.41, 5.74) is 7.99. The fourth-order valence-corrected chi connectivity index (χ4v) is 4.56. The number of carbonyl (C=O) groups is 2. The monoisotopic (exact) mass is 592 g/mol. The van der Waals surface area contributed by atoms with Gasteiger partial charge in [-0.25, -0.2) is 9.18 Å². The summed E-state index contributed by atoms with van der Waals surface area (Å²) in [5.74, 6) is -1.03. The average molecular weight is 593 g/mol. The van der Waals surface area contributed by atoms with Gasteiger partial charge in [0.1, 0.15) is 5.82 Å². The van der Waals surface area contributed by atoms with Gasteiger partial charge in [0.15, 0.2) is 11.5 Å². The summed E-state index contributed by atoms with van der Waals surface area (Å²) >= 11 is 0. The molecule has 0 saturated carbocycles. The minimum absolute atomic E-state index is 0.0980. The van der Waals surface area contributed by atoms with E-state index in [0.717, 1.165) is 31.3 Å². The molecule has 2 aliphatic rings. The molecule has 228 valence electrons. The number of benzene rings is 2. The van der Waals surface area contributed by atoms with Crippen LogP contribution in [0.5, 0.6) is 11.5 Å². The number of esters is 1. The maximum absolute atomic E-state index is 14.7. The third-order valence-electron chi connectivity index (χ3n) is 6.89. The predicted molar refractivity (Wildman–Crippen MR) is 163 cm³/mol. The number of hydrogen-bond donors (Lipinski definition) is 2. The van der Waals surface area contributed by atoms with Gasteiger partial charge >= 0.3 is 5.97 Å². The quantitative estimate of drug-likeness (QED) is 0.224. The van der Waals surface area contributed by atoms with Gasteiger partial charge in [0.2, 0.25) is 0 Å². The van der Waals surface area contributed by atoms with E-state index in [4.69, 9.17) is 29.7 Å². The molecule has 1 fully saturated rings. The molecule has 0 bridgehead atoms. The predicted octanol–water partition coefficient (Wildman–Crippen LogP) is 4.34. The lowest BCUT2D eigenvalue weighted by Crippen LogP contribution is -2.37. The molecule has 4 rings (SSSR count). The third-order valence-corrected chi connectivity index (χ3v) is 6.89. The van der Waals surface area contributed by atoms with Crippen LogP contribution in [0.3, 0.4) is 0 Å². The zero-order valence-corrected chi connectivity index (χ0v) is 24.4. The number of aliphatic imine (C=N–C) groups is 1. The van der Waals surface area contributed by atoms with Crippen molar-refractivity contribution < 1.29 is 32.9 Å². The van der Waals surface area contributed by atoms with E-state index in [1.165, 1.54) is 18.2 Å². The number of carbonyl (C=O) groups excluding carboxylic acids is 2. The molecule has 11 heteroatoms. The van der Waals surface area contributed by atoms with E-state index in [1.54, 1.807) is 20.3 Å². The van der Waals surface area contributed by atoms with Gasteiger partial charge in [-0.2, -0.15) is 0 Å². The van der Waals surface area contributed by atoms with Crippen molar-refractivity contribution in [3.05, 3.63) is 83.3 Å². The van der Waals surface area contributed by atoms with E-state index < -0.39 is 17.7 Å². The lowest BCUT2D eigenvalue weighted by Gasteiger charge is -2.26. The molecule has 0 aliphatic carbocycles. The Morgan fingerprint density at radius 1 is 1.12 bits per heavy atom. The molecule has 43 heavy (non-hydrogen) atoms. The lowest BCUT2D eigenvalue weighted by atomic mass is 10.1. The molecule has 2 aromatic carbocycles. The van der Waals surface area contributed by atoms with E-state index in [0.29, 0.717) is 55.4 Å². The Balaban J connectivity index is 1.37. The summed E-state index contributed by atoms with van der Waals surface area (Å²) in [5, 5.41) is 2.57. The molecule has 2 aliphatic heterocycles. The molecule has 1 saturated heterocycles. The Hall–Kier alpha value is -4.48. The van der Waals surface area contributed by atoms with E-state index in [-0.39, 0.29) is 23.6 Å². The smallest absolute Gasteiger partial charge is 0.341 e. The topological polar surface area (TPSA) is 125 Å². The van der Waals surface area contributed by atoms with E-state index >= 15 is 0 Å². The first-order chi connectivity index (χ1) is 20.9.